The van der Waals surface area contributed by atoms with Crippen molar-refractivity contribution in [2.45, 2.75) is 33.1 Å². The minimum Gasteiger partial charge on any atom is -0.384 e. The van der Waals surface area contributed by atoms with E-state index >= 15 is 0 Å². The Bertz CT molecular complexity index is 512. The monoisotopic (exact) mass is 229 g/mol. The van der Waals surface area contributed by atoms with Gasteiger partial charge in [0.15, 0.2) is 0 Å². The van der Waals surface area contributed by atoms with Gasteiger partial charge in [-0.2, -0.15) is 5.10 Å². The van der Waals surface area contributed by atoms with Gasteiger partial charge in [0.25, 0.3) is 0 Å². The van der Waals surface area contributed by atoms with E-state index in [9.17, 15) is 0 Å². The lowest BCUT2D eigenvalue weighted by Gasteiger charge is -2.13. The number of nitrogens with two attached hydrogens (primary N) is 1. The fourth-order valence-corrected chi connectivity index (χ4v) is 2.07. The van der Waals surface area contributed by atoms with Crippen molar-refractivity contribution in [2.75, 3.05) is 5.73 Å². The zero-order valence-electron chi connectivity index (χ0n) is 10.6. The molecular weight excluding hydrogens is 210 g/mol. The fraction of sp³-hybridized carbons (Fsp3) is 0.357. The summed E-state index contributed by atoms with van der Waals surface area (Å²) in [6.45, 7) is 6.55. The Morgan fingerprint density at radius 2 is 2.06 bits per heavy atom. The first-order valence-electron chi connectivity index (χ1n) is 6.05. The molecule has 0 saturated heterocycles. The number of hydrogen-bond donors (Lipinski definition) is 2. The van der Waals surface area contributed by atoms with Crippen LogP contribution in [0.25, 0.3) is 11.1 Å². The quantitative estimate of drug-likeness (QED) is 0.848. The second-order valence-corrected chi connectivity index (χ2v) is 4.63. The summed E-state index contributed by atoms with van der Waals surface area (Å²) in [5, 5.41) is 6.80. The number of H-pyrrole nitrogens is 1. The maximum atomic E-state index is 5.92. The van der Waals surface area contributed by atoms with E-state index < -0.39 is 0 Å². The average molecular weight is 229 g/mol. The SMILES string of the molecule is CCc1ccc(C(C)C)c(-c2cn[nH]c2N)c1. The number of aromatic nitrogens is 2. The Labute approximate surface area is 102 Å². The van der Waals surface area contributed by atoms with Crippen LogP contribution in [0, 0.1) is 0 Å². The molecule has 17 heavy (non-hydrogen) atoms. The zero-order valence-corrected chi connectivity index (χ0v) is 10.6. The minimum atomic E-state index is 0.477. The molecule has 0 spiro atoms. The number of aromatic amines is 1. The largest absolute Gasteiger partial charge is 0.384 e. The van der Waals surface area contributed by atoms with E-state index in [4.69, 9.17) is 5.73 Å². The number of nitrogens with zero attached hydrogens (tertiary/aromatic N) is 1. The van der Waals surface area contributed by atoms with Gasteiger partial charge in [-0.3, -0.25) is 5.10 Å². The summed E-state index contributed by atoms with van der Waals surface area (Å²) in [6, 6.07) is 6.61. The van der Waals surface area contributed by atoms with Crippen molar-refractivity contribution in [1.29, 1.82) is 0 Å². The van der Waals surface area contributed by atoms with Crippen LogP contribution < -0.4 is 5.73 Å². The maximum Gasteiger partial charge on any atom is 0.126 e. The van der Waals surface area contributed by atoms with Gasteiger partial charge in [0.2, 0.25) is 0 Å². The van der Waals surface area contributed by atoms with Gasteiger partial charge >= 0.3 is 0 Å². The van der Waals surface area contributed by atoms with Crippen LogP contribution in [0.1, 0.15) is 37.8 Å². The van der Waals surface area contributed by atoms with E-state index in [1.165, 1.54) is 16.7 Å². The molecule has 90 valence electrons. The third-order valence-electron chi connectivity index (χ3n) is 3.11. The third-order valence-corrected chi connectivity index (χ3v) is 3.11. The van der Waals surface area contributed by atoms with Crippen molar-refractivity contribution in [1.82, 2.24) is 10.2 Å². The van der Waals surface area contributed by atoms with Crippen molar-refractivity contribution < 1.29 is 0 Å². The minimum absolute atomic E-state index is 0.477. The highest BCUT2D eigenvalue weighted by molar-refractivity contribution is 5.76. The molecule has 0 amide bonds. The zero-order chi connectivity index (χ0) is 12.4. The number of aryl methyl sites for hydroxylation is 1. The molecule has 0 bridgehead atoms. The molecule has 2 rings (SSSR count). The van der Waals surface area contributed by atoms with E-state index in [0.29, 0.717) is 11.7 Å². The lowest BCUT2D eigenvalue weighted by molar-refractivity contribution is 0.867. The Kier molecular flexibility index (Phi) is 3.18. The highest BCUT2D eigenvalue weighted by Crippen LogP contribution is 2.32. The third kappa shape index (κ3) is 2.18. The lowest BCUT2D eigenvalue weighted by Crippen LogP contribution is -1.96. The number of hydrogen-bond acceptors (Lipinski definition) is 2. The molecule has 0 atom stereocenters. The molecule has 1 aromatic heterocycles. The Hall–Kier alpha value is -1.77. The first kappa shape index (κ1) is 11.7. The molecule has 1 heterocycles. The van der Waals surface area contributed by atoms with E-state index in [1.54, 1.807) is 6.20 Å². The smallest absolute Gasteiger partial charge is 0.126 e. The van der Waals surface area contributed by atoms with Crippen molar-refractivity contribution in [3.63, 3.8) is 0 Å². The molecular formula is C14H19N3. The molecule has 3 N–H and O–H groups in total. The van der Waals surface area contributed by atoms with Gasteiger partial charge in [-0.05, 0) is 29.0 Å². The summed E-state index contributed by atoms with van der Waals surface area (Å²) in [5.41, 5.74) is 10.8. The predicted octanol–water partition coefficient (Wildman–Crippen LogP) is 3.34. The van der Waals surface area contributed by atoms with Gasteiger partial charge in [-0.1, -0.05) is 39.0 Å². The average Bonchev–Trinajstić information content (AvgIpc) is 2.74. The van der Waals surface area contributed by atoms with Gasteiger partial charge < -0.3 is 5.73 Å². The van der Waals surface area contributed by atoms with Crippen LogP contribution in [0.3, 0.4) is 0 Å². The van der Waals surface area contributed by atoms with E-state index in [-0.39, 0.29) is 0 Å². The molecule has 0 aliphatic heterocycles. The molecule has 3 heteroatoms. The van der Waals surface area contributed by atoms with E-state index in [2.05, 4.69) is 49.2 Å². The van der Waals surface area contributed by atoms with Gasteiger partial charge in [0, 0.05) is 5.56 Å². The summed E-state index contributed by atoms with van der Waals surface area (Å²) >= 11 is 0. The molecule has 0 fully saturated rings. The summed E-state index contributed by atoms with van der Waals surface area (Å²) in [5.74, 6) is 1.12. The van der Waals surface area contributed by atoms with Crippen LogP contribution in [0.15, 0.2) is 24.4 Å². The van der Waals surface area contributed by atoms with Crippen LogP contribution in [-0.4, -0.2) is 10.2 Å². The van der Waals surface area contributed by atoms with Crippen molar-refractivity contribution in [2.24, 2.45) is 0 Å². The van der Waals surface area contributed by atoms with Gasteiger partial charge in [-0.15, -0.1) is 0 Å². The highest BCUT2D eigenvalue weighted by Gasteiger charge is 2.12. The van der Waals surface area contributed by atoms with Gasteiger partial charge in [0.05, 0.1) is 6.20 Å². The normalized spacial score (nSPS) is 11.1. The summed E-state index contributed by atoms with van der Waals surface area (Å²) in [7, 11) is 0. The molecule has 3 nitrogen and oxygen atoms in total. The topological polar surface area (TPSA) is 54.7 Å². The van der Waals surface area contributed by atoms with Crippen molar-refractivity contribution >= 4 is 5.82 Å². The predicted molar refractivity (Wildman–Crippen MR) is 71.9 cm³/mol. The highest BCUT2D eigenvalue weighted by atomic mass is 15.1. The molecule has 0 radical (unpaired) electrons. The van der Waals surface area contributed by atoms with Crippen LogP contribution in [0.4, 0.5) is 5.82 Å². The number of anilines is 1. The fourth-order valence-electron chi connectivity index (χ4n) is 2.07. The second-order valence-electron chi connectivity index (χ2n) is 4.63. The van der Waals surface area contributed by atoms with Crippen molar-refractivity contribution in [3.05, 3.63) is 35.5 Å². The molecule has 2 aromatic rings. The molecule has 0 aliphatic rings. The van der Waals surface area contributed by atoms with Crippen LogP contribution in [0.5, 0.6) is 0 Å². The molecule has 0 saturated carbocycles. The summed E-state index contributed by atoms with van der Waals surface area (Å²) < 4.78 is 0. The standard InChI is InChI=1S/C14H19N3/c1-4-10-5-6-11(9(2)3)12(7-10)13-8-16-17-14(13)15/h5-9H,4H2,1-3H3,(H3,15,16,17). The maximum absolute atomic E-state index is 5.92. The van der Waals surface area contributed by atoms with Crippen LogP contribution in [-0.2, 0) is 6.42 Å². The van der Waals surface area contributed by atoms with Gasteiger partial charge in [0.1, 0.15) is 5.82 Å². The molecule has 0 unspecified atom stereocenters. The Balaban J connectivity index is 2.61. The van der Waals surface area contributed by atoms with E-state index in [1.807, 2.05) is 0 Å². The number of nitrogens with one attached hydrogen (secondary N) is 1. The number of rotatable bonds is 3. The summed E-state index contributed by atoms with van der Waals surface area (Å²) in [6.07, 6.45) is 2.83. The number of benzene rings is 1. The van der Waals surface area contributed by atoms with E-state index in [0.717, 1.165) is 12.0 Å². The first-order valence-corrected chi connectivity index (χ1v) is 6.05. The van der Waals surface area contributed by atoms with Crippen LogP contribution >= 0.6 is 0 Å². The second kappa shape index (κ2) is 4.62. The first-order chi connectivity index (χ1) is 8.13. The summed E-state index contributed by atoms with van der Waals surface area (Å²) in [4.78, 5) is 0. The molecule has 1 aromatic carbocycles. The van der Waals surface area contributed by atoms with Gasteiger partial charge in [-0.25, -0.2) is 0 Å². The Morgan fingerprint density at radius 3 is 2.59 bits per heavy atom. The Morgan fingerprint density at radius 1 is 1.29 bits per heavy atom. The van der Waals surface area contributed by atoms with Crippen LogP contribution in [0.2, 0.25) is 0 Å². The number of nitrogen functional groups attached to an aromatic ring is 1. The lowest BCUT2D eigenvalue weighted by atomic mass is 9.91. The molecule has 0 aliphatic carbocycles. The van der Waals surface area contributed by atoms with Crippen molar-refractivity contribution in [3.8, 4) is 11.1 Å².